The lowest BCUT2D eigenvalue weighted by atomic mass is 10.3. The van der Waals surface area contributed by atoms with Crippen molar-refractivity contribution in [2.24, 2.45) is 0 Å². The van der Waals surface area contributed by atoms with Gasteiger partial charge in [0, 0.05) is 31.9 Å². The molecule has 0 saturated heterocycles. The number of benzene rings is 1. The van der Waals surface area contributed by atoms with Gasteiger partial charge in [-0.25, -0.2) is 0 Å². The van der Waals surface area contributed by atoms with Crippen molar-refractivity contribution in [3.05, 3.63) is 34.4 Å². The molecule has 1 rings (SSSR count). The Labute approximate surface area is 122 Å². The number of amides is 2. The predicted octanol–water partition coefficient (Wildman–Crippen LogP) is -0.864. The third-order valence-corrected chi connectivity index (χ3v) is 2.75. The molecule has 0 bridgehead atoms. The van der Waals surface area contributed by atoms with Crippen LogP contribution in [-0.4, -0.2) is 55.9 Å². The smallest absolute Gasteiger partial charge is 0.279 e. The molecule has 0 heterocycles. The molecular weight excluding hydrogens is 276 g/mol. The highest BCUT2D eigenvalue weighted by molar-refractivity contribution is 5.91. The number of quaternary nitrogens is 1. The second kappa shape index (κ2) is 7.34. The fraction of sp³-hybridized carbons (Fsp3) is 0.385. The molecule has 1 aromatic carbocycles. The second-order valence-corrected chi connectivity index (χ2v) is 4.95. The molecular formula is C13H19N4O4+. The summed E-state index contributed by atoms with van der Waals surface area (Å²) in [4.78, 5) is 35.7. The summed E-state index contributed by atoms with van der Waals surface area (Å²) in [6, 6.07) is 5.71. The Kier molecular flexibility index (Phi) is 5.79. The van der Waals surface area contributed by atoms with E-state index in [0.717, 1.165) is 4.90 Å². The van der Waals surface area contributed by atoms with Crippen LogP contribution in [0, 0.1) is 10.1 Å². The highest BCUT2D eigenvalue weighted by Gasteiger charge is 2.16. The number of carbonyl (C=O) groups excluding carboxylic acids is 2. The SMILES string of the molecule is CN(C)C(=O)C[NH+](C)CC(=O)Nc1cccc([N+](=O)[O-])c1. The van der Waals surface area contributed by atoms with Crippen LogP contribution in [0.5, 0.6) is 0 Å². The molecule has 2 amide bonds. The minimum Gasteiger partial charge on any atom is -0.344 e. The van der Waals surface area contributed by atoms with E-state index in [4.69, 9.17) is 0 Å². The van der Waals surface area contributed by atoms with Crippen molar-refractivity contribution < 1.29 is 19.4 Å². The van der Waals surface area contributed by atoms with Crippen LogP contribution in [0.25, 0.3) is 0 Å². The number of likely N-dealkylation sites (N-methyl/N-ethyl adjacent to an activating group) is 2. The first-order chi connectivity index (χ1) is 9.79. The first-order valence-corrected chi connectivity index (χ1v) is 6.35. The lowest BCUT2D eigenvalue weighted by molar-refractivity contribution is -0.862. The molecule has 21 heavy (non-hydrogen) atoms. The fourth-order valence-electron chi connectivity index (χ4n) is 1.66. The summed E-state index contributed by atoms with van der Waals surface area (Å²) in [7, 11) is 5.03. The summed E-state index contributed by atoms with van der Waals surface area (Å²) >= 11 is 0. The number of carbonyl (C=O) groups is 2. The number of nitro benzene ring substituents is 1. The number of nitrogens with zero attached hydrogens (tertiary/aromatic N) is 2. The van der Waals surface area contributed by atoms with Crippen LogP contribution < -0.4 is 10.2 Å². The average Bonchev–Trinajstić information content (AvgIpc) is 2.38. The molecule has 0 aromatic heterocycles. The molecule has 8 nitrogen and oxygen atoms in total. The Balaban J connectivity index is 2.55. The quantitative estimate of drug-likeness (QED) is 0.527. The van der Waals surface area contributed by atoms with Crippen molar-refractivity contribution in [1.29, 1.82) is 0 Å². The van der Waals surface area contributed by atoms with E-state index >= 15 is 0 Å². The van der Waals surface area contributed by atoms with Crippen LogP contribution in [-0.2, 0) is 9.59 Å². The van der Waals surface area contributed by atoms with Gasteiger partial charge < -0.3 is 15.1 Å². The minimum absolute atomic E-state index is 0.0735. The van der Waals surface area contributed by atoms with Crippen molar-refractivity contribution >= 4 is 23.2 Å². The average molecular weight is 295 g/mol. The van der Waals surface area contributed by atoms with E-state index in [1.54, 1.807) is 27.2 Å². The maximum absolute atomic E-state index is 11.8. The third-order valence-electron chi connectivity index (χ3n) is 2.75. The van der Waals surface area contributed by atoms with Crippen molar-refractivity contribution in [3.63, 3.8) is 0 Å². The van der Waals surface area contributed by atoms with Gasteiger partial charge in [0.1, 0.15) is 0 Å². The molecule has 0 aliphatic carbocycles. The summed E-state index contributed by atoms with van der Waals surface area (Å²) in [6.45, 7) is 0.303. The Hall–Kier alpha value is -2.48. The molecule has 114 valence electrons. The van der Waals surface area contributed by atoms with Gasteiger partial charge in [-0.2, -0.15) is 0 Å². The van der Waals surface area contributed by atoms with Gasteiger partial charge in [-0.1, -0.05) is 6.07 Å². The molecule has 8 heteroatoms. The lowest BCUT2D eigenvalue weighted by Gasteiger charge is -2.16. The number of rotatable bonds is 6. The van der Waals surface area contributed by atoms with Gasteiger partial charge in [0.15, 0.2) is 13.1 Å². The molecule has 0 aliphatic rings. The fourth-order valence-corrected chi connectivity index (χ4v) is 1.66. The van der Waals surface area contributed by atoms with E-state index in [1.807, 2.05) is 0 Å². The van der Waals surface area contributed by atoms with Crippen LogP contribution in [0.1, 0.15) is 0 Å². The molecule has 0 radical (unpaired) electrons. The predicted molar refractivity (Wildman–Crippen MR) is 77.0 cm³/mol. The molecule has 0 fully saturated rings. The Morgan fingerprint density at radius 1 is 1.33 bits per heavy atom. The number of hydrogen-bond donors (Lipinski definition) is 2. The van der Waals surface area contributed by atoms with Crippen LogP contribution in [0.2, 0.25) is 0 Å². The van der Waals surface area contributed by atoms with Gasteiger partial charge in [0.05, 0.1) is 12.0 Å². The largest absolute Gasteiger partial charge is 0.344 e. The highest BCUT2D eigenvalue weighted by Crippen LogP contribution is 2.16. The van der Waals surface area contributed by atoms with Crippen LogP contribution in [0.15, 0.2) is 24.3 Å². The van der Waals surface area contributed by atoms with Gasteiger partial charge in [0.2, 0.25) is 0 Å². The van der Waals surface area contributed by atoms with Gasteiger partial charge in [0.25, 0.3) is 17.5 Å². The van der Waals surface area contributed by atoms with Crippen LogP contribution in [0.4, 0.5) is 11.4 Å². The van der Waals surface area contributed by atoms with Gasteiger partial charge in [-0.3, -0.25) is 19.7 Å². The first-order valence-electron chi connectivity index (χ1n) is 6.35. The van der Waals surface area contributed by atoms with Crippen molar-refractivity contribution in [2.75, 3.05) is 39.5 Å². The van der Waals surface area contributed by atoms with E-state index in [9.17, 15) is 19.7 Å². The number of hydrogen-bond acceptors (Lipinski definition) is 4. The summed E-state index contributed by atoms with van der Waals surface area (Å²) in [5.41, 5.74) is 0.275. The standard InChI is InChI=1S/C13H18N4O4/c1-15(2)13(19)9-16(3)8-12(18)14-10-5-4-6-11(7-10)17(20)21/h4-7H,8-9H2,1-3H3,(H,14,18)/p+1. The van der Waals surface area contributed by atoms with Gasteiger partial charge >= 0.3 is 0 Å². The van der Waals surface area contributed by atoms with E-state index in [-0.39, 0.29) is 30.6 Å². The molecule has 0 saturated carbocycles. The molecule has 0 aliphatic heterocycles. The molecule has 1 atom stereocenters. The Morgan fingerprint density at radius 2 is 2.00 bits per heavy atom. The zero-order valence-corrected chi connectivity index (χ0v) is 12.3. The lowest BCUT2D eigenvalue weighted by Crippen LogP contribution is -3.11. The number of nitrogens with one attached hydrogen (secondary N) is 2. The Bertz CT molecular complexity index is 545. The maximum Gasteiger partial charge on any atom is 0.279 e. The number of non-ortho nitro benzene ring substituents is 1. The maximum atomic E-state index is 11.8. The highest BCUT2D eigenvalue weighted by atomic mass is 16.6. The first kappa shape index (κ1) is 16.6. The zero-order chi connectivity index (χ0) is 16.0. The van der Waals surface area contributed by atoms with E-state index in [1.165, 1.54) is 23.1 Å². The van der Waals surface area contributed by atoms with Gasteiger partial charge in [-0.05, 0) is 6.07 Å². The summed E-state index contributed by atoms with van der Waals surface area (Å²) in [6.07, 6.45) is 0. The van der Waals surface area contributed by atoms with Crippen molar-refractivity contribution in [3.8, 4) is 0 Å². The van der Waals surface area contributed by atoms with Gasteiger partial charge in [-0.15, -0.1) is 0 Å². The van der Waals surface area contributed by atoms with E-state index in [0.29, 0.717) is 5.69 Å². The van der Waals surface area contributed by atoms with E-state index < -0.39 is 4.92 Å². The molecule has 2 N–H and O–H groups in total. The van der Waals surface area contributed by atoms with Crippen LogP contribution >= 0.6 is 0 Å². The number of anilines is 1. The molecule has 1 aromatic rings. The van der Waals surface area contributed by atoms with Crippen LogP contribution in [0.3, 0.4) is 0 Å². The van der Waals surface area contributed by atoms with Crippen molar-refractivity contribution in [2.45, 2.75) is 0 Å². The topological polar surface area (TPSA) is 97.0 Å². The molecule has 0 spiro atoms. The van der Waals surface area contributed by atoms with Crippen molar-refractivity contribution in [1.82, 2.24) is 4.90 Å². The summed E-state index contributed by atoms with van der Waals surface area (Å²) < 4.78 is 0. The zero-order valence-electron chi connectivity index (χ0n) is 12.3. The second-order valence-electron chi connectivity index (χ2n) is 4.95. The third kappa shape index (κ3) is 5.57. The molecule has 1 unspecified atom stereocenters. The number of nitro groups is 1. The normalized spacial score (nSPS) is 11.6. The monoisotopic (exact) mass is 295 g/mol. The Morgan fingerprint density at radius 3 is 2.57 bits per heavy atom. The van der Waals surface area contributed by atoms with E-state index in [2.05, 4.69) is 5.32 Å². The summed E-state index contributed by atoms with van der Waals surface area (Å²) in [5.74, 6) is -0.379. The minimum atomic E-state index is -0.525. The summed E-state index contributed by atoms with van der Waals surface area (Å²) in [5, 5.41) is 13.2.